The van der Waals surface area contributed by atoms with Crippen molar-refractivity contribution in [2.24, 2.45) is 34.5 Å². The highest BCUT2D eigenvalue weighted by molar-refractivity contribution is 7.99. The van der Waals surface area contributed by atoms with Crippen molar-refractivity contribution in [1.29, 1.82) is 0 Å². The molecule has 8 atom stereocenters. The van der Waals surface area contributed by atoms with E-state index in [0.717, 1.165) is 68.3 Å². The van der Waals surface area contributed by atoms with Gasteiger partial charge in [-0.2, -0.15) is 33.7 Å². The lowest BCUT2D eigenvalue weighted by molar-refractivity contribution is -0.284. The molecule has 5 aliphatic rings. The molecular formula is C33H46F5NO2S. The number of halogens is 5. The second-order valence-corrected chi connectivity index (χ2v) is 15.4. The maximum absolute atomic E-state index is 13.0. The third-order valence-electron chi connectivity index (χ3n) is 12.2. The zero-order valence-corrected chi connectivity index (χ0v) is 25.5. The summed E-state index contributed by atoms with van der Waals surface area (Å²) < 4.78 is 62.7. The van der Waals surface area contributed by atoms with Crippen LogP contribution in [0.15, 0.2) is 18.2 Å². The highest BCUT2D eigenvalue weighted by Crippen LogP contribution is 2.99. The van der Waals surface area contributed by atoms with E-state index in [1.54, 1.807) is 6.07 Å². The Bertz CT molecular complexity index is 1130. The Morgan fingerprint density at radius 1 is 0.952 bits per heavy atom. The number of fused-ring (bicyclic) bond motifs is 4. The molecule has 0 saturated heterocycles. The zero-order chi connectivity index (χ0) is 29.9. The van der Waals surface area contributed by atoms with E-state index in [1.165, 1.54) is 49.4 Å². The number of hydrogen-bond donors (Lipinski definition) is 2. The molecule has 3 nitrogen and oxygen atoms in total. The molecule has 4 saturated carbocycles. The van der Waals surface area contributed by atoms with Gasteiger partial charge in [-0.3, -0.25) is 0 Å². The van der Waals surface area contributed by atoms with Gasteiger partial charge in [-0.15, -0.1) is 0 Å². The average Bonchev–Trinajstić information content (AvgIpc) is 3.77. The lowest BCUT2D eigenvalue weighted by Gasteiger charge is -2.53. The van der Waals surface area contributed by atoms with Gasteiger partial charge in [-0.25, -0.2) is 0 Å². The number of phenols is 1. The number of hydrogen-bond acceptors (Lipinski definition) is 4. The molecule has 1 aromatic rings. The average molecular weight is 616 g/mol. The first-order valence-corrected chi connectivity index (χ1v) is 17.3. The first-order valence-electron chi connectivity index (χ1n) is 16.1. The van der Waals surface area contributed by atoms with Crippen molar-refractivity contribution < 1.29 is 32.2 Å². The summed E-state index contributed by atoms with van der Waals surface area (Å²) in [5.74, 6) is -0.240. The molecule has 9 heteroatoms. The highest BCUT2D eigenvalue weighted by Gasteiger charge is 2.92. The number of aliphatic hydroxyl groups excluding tert-OH is 1. The monoisotopic (exact) mass is 615 g/mol. The maximum atomic E-state index is 13.0. The predicted molar refractivity (Wildman–Crippen MR) is 156 cm³/mol. The smallest absolute Gasteiger partial charge is 0.453 e. The van der Waals surface area contributed by atoms with Crippen LogP contribution in [-0.4, -0.2) is 58.9 Å². The van der Waals surface area contributed by atoms with E-state index in [4.69, 9.17) is 0 Å². The van der Waals surface area contributed by atoms with E-state index in [2.05, 4.69) is 18.0 Å². The van der Waals surface area contributed by atoms with Crippen molar-refractivity contribution in [3.05, 3.63) is 29.3 Å². The Morgan fingerprint density at radius 2 is 1.71 bits per heavy atom. The van der Waals surface area contributed by atoms with Crippen LogP contribution >= 0.6 is 11.8 Å². The molecule has 5 aliphatic carbocycles. The van der Waals surface area contributed by atoms with Crippen LogP contribution in [0.1, 0.15) is 100 Å². The largest absolute Gasteiger partial charge is 0.508 e. The van der Waals surface area contributed by atoms with Crippen LogP contribution in [0.2, 0.25) is 0 Å². The van der Waals surface area contributed by atoms with Gasteiger partial charge >= 0.3 is 12.1 Å². The topological polar surface area (TPSA) is 43.7 Å². The molecule has 236 valence electrons. The Morgan fingerprint density at radius 3 is 2.45 bits per heavy atom. The summed E-state index contributed by atoms with van der Waals surface area (Å²) in [6, 6.07) is 5.69. The molecule has 1 aromatic carbocycles. The fourth-order valence-corrected chi connectivity index (χ4v) is 11.1. The normalized spacial score (nSPS) is 36.2. The minimum Gasteiger partial charge on any atom is -0.508 e. The van der Waals surface area contributed by atoms with E-state index >= 15 is 0 Å². The first kappa shape index (κ1) is 30.9. The van der Waals surface area contributed by atoms with Crippen LogP contribution < -0.4 is 0 Å². The number of benzene rings is 1. The van der Waals surface area contributed by atoms with Gasteiger partial charge in [0.2, 0.25) is 0 Å². The van der Waals surface area contributed by atoms with E-state index in [1.807, 2.05) is 6.07 Å². The minimum absolute atomic E-state index is 0.139. The highest BCUT2D eigenvalue weighted by atomic mass is 32.2. The molecule has 4 fully saturated rings. The quantitative estimate of drug-likeness (QED) is 0.163. The number of phenolic OH excluding ortho intramolecular Hbond substituents is 1. The molecule has 2 spiro atoms. The lowest BCUT2D eigenvalue weighted by Crippen LogP contribution is -2.45. The van der Waals surface area contributed by atoms with Crippen LogP contribution in [0.25, 0.3) is 0 Å². The summed E-state index contributed by atoms with van der Waals surface area (Å²) in [6.07, 6.45) is 4.68. The van der Waals surface area contributed by atoms with E-state index < -0.39 is 24.6 Å². The third-order valence-corrected chi connectivity index (χ3v) is 13.3. The van der Waals surface area contributed by atoms with Gasteiger partial charge in [0.25, 0.3) is 0 Å². The Labute approximate surface area is 251 Å². The molecule has 0 heterocycles. The second-order valence-electron chi connectivity index (χ2n) is 14.2. The summed E-state index contributed by atoms with van der Waals surface area (Å²) in [5, 5.41) is 21.9. The van der Waals surface area contributed by atoms with Crippen molar-refractivity contribution in [3.8, 4) is 5.75 Å². The standard InChI is InChI=1S/C33H46F5NO2S/c1-39(16-6-18-42-17-5-12-32(34,35)33(36,37)38)15-4-2-3-7-24-28-23(22-9-8-21(40)19-25(22)29(24)41)10-14-31-26(28)11-13-30(31)20-27(30)31/h8-9,19,23-24,26-29,40-41H,2-7,10-18,20H2,1H3/t23?,24-,26?,27?,28?,29?,30?,31?/m0/s1. The summed E-state index contributed by atoms with van der Waals surface area (Å²) in [4.78, 5) is 2.27. The van der Waals surface area contributed by atoms with Crippen molar-refractivity contribution >= 4 is 11.8 Å². The van der Waals surface area contributed by atoms with E-state index in [9.17, 15) is 32.2 Å². The SMILES string of the molecule is CN(CCCCC[C@@H]1C(O)c2cc(O)ccc2C2CCC34C(CCC35CC54)C21)CCCSCCCC(F)(F)C(F)(F)F. The van der Waals surface area contributed by atoms with Gasteiger partial charge in [-0.1, -0.05) is 18.9 Å². The molecule has 0 bridgehead atoms. The summed E-state index contributed by atoms with van der Waals surface area (Å²) in [6.45, 7) is 1.85. The molecule has 2 N–H and O–H groups in total. The van der Waals surface area contributed by atoms with Gasteiger partial charge in [0.1, 0.15) is 5.75 Å². The number of alkyl halides is 5. The molecule has 7 unspecified atom stereocenters. The molecule has 0 aliphatic heterocycles. The van der Waals surface area contributed by atoms with Crippen LogP contribution in [0, 0.1) is 34.5 Å². The number of unbranched alkanes of at least 4 members (excludes halogenated alkanes) is 2. The van der Waals surface area contributed by atoms with Gasteiger partial charge < -0.3 is 15.1 Å². The lowest BCUT2D eigenvalue weighted by atomic mass is 9.52. The van der Waals surface area contributed by atoms with Gasteiger partial charge in [0.15, 0.2) is 0 Å². The number of thioether (sulfide) groups is 1. The van der Waals surface area contributed by atoms with E-state index in [0.29, 0.717) is 28.4 Å². The van der Waals surface area contributed by atoms with Crippen molar-refractivity contribution in [2.75, 3.05) is 31.6 Å². The van der Waals surface area contributed by atoms with Gasteiger partial charge in [0.05, 0.1) is 6.10 Å². The predicted octanol–water partition coefficient (Wildman–Crippen LogP) is 8.56. The molecule has 6 rings (SSSR count). The minimum atomic E-state index is -5.45. The Kier molecular flexibility index (Phi) is 8.39. The van der Waals surface area contributed by atoms with Crippen molar-refractivity contribution in [2.45, 2.75) is 101 Å². The van der Waals surface area contributed by atoms with Crippen LogP contribution in [0.5, 0.6) is 5.75 Å². The molecule has 0 radical (unpaired) electrons. The summed E-state index contributed by atoms with van der Waals surface area (Å²) >= 11 is 1.44. The number of aromatic hydroxyl groups is 1. The summed E-state index contributed by atoms with van der Waals surface area (Å²) in [5.41, 5.74) is 3.51. The van der Waals surface area contributed by atoms with Gasteiger partial charge in [0, 0.05) is 6.42 Å². The summed E-state index contributed by atoms with van der Waals surface area (Å²) in [7, 11) is 2.08. The van der Waals surface area contributed by atoms with Crippen molar-refractivity contribution in [1.82, 2.24) is 4.90 Å². The Balaban J connectivity index is 0.928. The molecule has 0 aromatic heterocycles. The molecular weight excluding hydrogens is 569 g/mol. The first-order chi connectivity index (χ1) is 19.9. The molecule has 0 amide bonds. The van der Waals surface area contributed by atoms with Crippen LogP contribution in [-0.2, 0) is 0 Å². The number of nitrogens with zero attached hydrogens (tertiary/aromatic N) is 1. The fraction of sp³-hybridized carbons (Fsp3) is 0.818. The third kappa shape index (κ3) is 5.19. The Hall–Kier alpha value is -1.06. The second kappa shape index (κ2) is 11.4. The van der Waals surface area contributed by atoms with Crippen LogP contribution in [0.4, 0.5) is 22.0 Å². The maximum Gasteiger partial charge on any atom is 0.453 e. The zero-order valence-electron chi connectivity index (χ0n) is 24.6. The molecule has 42 heavy (non-hydrogen) atoms. The van der Waals surface area contributed by atoms with Gasteiger partial charge in [-0.05, 0) is 153 Å². The number of aliphatic hydroxyl groups is 1. The fourth-order valence-electron chi connectivity index (χ4n) is 10.2. The van der Waals surface area contributed by atoms with E-state index in [-0.39, 0.29) is 18.1 Å². The van der Waals surface area contributed by atoms with Crippen molar-refractivity contribution in [3.63, 3.8) is 0 Å². The number of rotatable bonds is 14. The van der Waals surface area contributed by atoms with Crippen LogP contribution in [0.3, 0.4) is 0 Å².